The van der Waals surface area contributed by atoms with E-state index in [1.165, 1.54) is 43.4 Å². The quantitative estimate of drug-likeness (QED) is 0.0562. The molecule has 0 saturated heterocycles. The normalized spacial score (nSPS) is 13.4. The van der Waals surface area contributed by atoms with E-state index in [0.717, 1.165) is 26.6 Å². The first-order valence-corrected chi connectivity index (χ1v) is 49.6. The molecular formula is C70H96O2Sn4. The van der Waals surface area contributed by atoms with Gasteiger partial charge in [-0.05, 0) is 0 Å². The average molecular weight is 1440 g/mol. The van der Waals surface area contributed by atoms with Gasteiger partial charge in [-0.2, -0.15) is 0 Å². The fourth-order valence-electron chi connectivity index (χ4n) is 13.2. The van der Waals surface area contributed by atoms with Gasteiger partial charge in [0.15, 0.2) is 0 Å². The van der Waals surface area contributed by atoms with E-state index in [4.69, 9.17) is 1.41 Å². The Morgan fingerprint density at radius 2 is 0.434 bits per heavy atom. The maximum absolute atomic E-state index is 9.39. The monoisotopic (exact) mass is 1450 g/mol. The maximum atomic E-state index is 9.39. The van der Waals surface area contributed by atoms with Crippen LogP contribution in [0.25, 0.3) is 0 Å². The molecule has 0 aliphatic rings. The number of benzene rings is 7. The second-order valence-corrected chi connectivity index (χ2v) is 66.4. The Balaban J connectivity index is 0.000000629. The van der Waals surface area contributed by atoms with Crippen LogP contribution < -0.4 is 0 Å². The van der Waals surface area contributed by atoms with Gasteiger partial charge in [-0.3, -0.25) is 0 Å². The van der Waals surface area contributed by atoms with Crippen molar-refractivity contribution in [2.45, 2.75) is 166 Å². The molecule has 0 atom stereocenters. The van der Waals surface area contributed by atoms with E-state index in [0.29, 0.717) is 28.4 Å². The van der Waals surface area contributed by atoms with E-state index in [9.17, 15) is 1.41 Å². The first kappa shape index (κ1) is 62.8. The summed E-state index contributed by atoms with van der Waals surface area (Å²) < 4.78 is 22.9. The van der Waals surface area contributed by atoms with Gasteiger partial charge in [-0.1, -0.05) is 0 Å². The molecule has 0 aliphatic carbocycles. The van der Waals surface area contributed by atoms with Crippen LogP contribution in [0, 0.1) is 0 Å². The molecule has 0 fully saturated rings. The van der Waals surface area contributed by atoms with Crippen LogP contribution in [0.1, 0.15) is 136 Å². The molecule has 76 heavy (non-hydrogen) atoms. The van der Waals surface area contributed by atoms with Gasteiger partial charge in [0.2, 0.25) is 0 Å². The molecule has 404 valence electrons. The second-order valence-electron chi connectivity index (χ2n) is 27.0. The topological polar surface area (TPSA) is 18.5 Å². The summed E-state index contributed by atoms with van der Waals surface area (Å²) in [6.07, 6.45) is 0. The molecule has 6 heteroatoms. The molecule has 0 saturated carbocycles. The van der Waals surface area contributed by atoms with E-state index in [1.54, 1.807) is 0 Å². The molecule has 0 heterocycles. The average Bonchev–Trinajstić information content (AvgIpc) is 3.40. The Hall–Kier alpha value is -2.35. The fourth-order valence-corrected chi connectivity index (χ4v) is 82.9. The first-order chi connectivity index (χ1) is 35.7. The third-order valence-corrected chi connectivity index (χ3v) is 75.2. The predicted molar refractivity (Wildman–Crippen MR) is 342 cm³/mol. The molecule has 7 aromatic carbocycles. The number of hydrogen-bond acceptors (Lipinski definition) is 2. The minimum atomic E-state index is -4.11. The molecule has 0 N–H and O–H groups in total. The number of hydrogen-bond donors (Lipinski definition) is 0. The van der Waals surface area contributed by atoms with Crippen LogP contribution in [-0.4, -0.2) is 82.1 Å². The van der Waals surface area contributed by atoms with Crippen LogP contribution in [-0.2, 0) is 40.7 Å². The van der Waals surface area contributed by atoms with E-state index < -0.39 is 59.1 Å². The summed E-state index contributed by atoms with van der Waals surface area (Å²) in [4.78, 5) is 0. The van der Waals surface area contributed by atoms with Crippen LogP contribution in [0.5, 0.6) is 0 Å². The summed E-state index contributed by atoms with van der Waals surface area (Å²) in [5.74, 6) is 0. The summed E-state index contributed by atoms with van der Waals surface area (Å²) in [5, 5.41) is 0. The van der Waals surface area contributed by atoms with Crippen molar-refractivity contribution in [2.75, 3.05) is 0 Å². The Bertz CT molecular complexity index is 2350. The van der Waals surface area contributed by atoms with Crippen molar-refractivity contribution in [1.29, 1.82) is 0 Å². The van der Waals surface area contributed by atoms with Gasteiger partial charge in [0.1, 0.15) is 0 Å². The van der Waals surface area contributed by atoms with Crippen LogP contribution in [0.4, 0.5) is 0 Å². The van der Waals surface area contributed by atoms with Crippen LogP contribution in [0.2, 0.25) is 31.1 Å². The zero-order chi connectivity index (χ0) is 55.4. The minimum absolute atomic E-state index is 0.0900. The van der Waals surface area contributed by atoms with E-state index in [2.05, 4.69) is 309 Å². The summed E-state index contributed by atoms with van der Waals surface area (Å²) in [5.41, 5.74) is 9.79. The molecule has 7 aromatic rings. The Morgan fingerprint density at radius 1 is 0.276 bits per heavy atom. The first-order valence-electron chi connectivity index (χ1n) is 28.3. The van der Waals surface area contributed by atoms with Gasteiger partial charge in [0.05, 0.1) is 0 Å². The number of rotatable bonds is 24. The van der Waals surface area contributed by atoms with Crippen LogP contribution in [0.3, 0.4) is 0 Å². The predicted octanol–water partition coefficient (Wildman–Crippen LogP) is 17.5. The standard InChI is InChI=1S/7C10H13.2O.4Sn.5H/c7*1-10(2,3)9-7-5-4-6-8-9;;;;;;;;;;;/h7*4-8H,1H2,2-3H3;;;;;;;;;;;. The Labute approximate surface area is 496 Å². The van der Waals surface area contributed by atoms with Gasteiger partial charge in [0, 0.05) is 0 Å². The van der Waals surface area contributed by atoms with Crippen molar-refractivity contribution in [3.8, 4) is 0 Å². The zero-order valence-corrected chi connectivity index (χ0v) is 65.1. The van der Waals surface area contributed by atoms with Gasteiger partial charge in [0.25, 0.3) is 0 Å². The van der Waals surface area contributed by atoms with Gasteiger partial charge >= 0.3 is 502 Å². The van der Waals surface area contributed by atoms with Crippen molar-refractivity contribution < 1.29 is 2.82 Å². The van der Waals surface area contributed by atoms with Gasteiger partial charge in [-0.15, -0.1) is 0 Å². The molecule has 0 amide bonds. The fraction of sp³-hybridized carbons (Fsp3) is 0.400. The summed E-state index contributed by atoms with van der Waals surface area (Å²) in [6, 6.07) is 79.3. The summed E-state index contributed by atoms with van der Waals surface area (Å²) >= 11 is -8.57. The van der Waals surface area contributed by atoms with Crippen molar-refractivity contribution in [2.24, 2.45) is 0 Å². The molecule has 0 aliphatic heterocycles. The van der Waals surface area contributed by atoms with Gasteiger partial charge < -0.3 is 0 Å². The third-order valence-electron chi connectivity index (χ3n) is 16.8. The van der Waals surface area contributed by atoms with E-state index >= 15 is 0 Å². The van der Waals surface area contributed by atoms with E-state index in [-0.39, 0.29) is 32.5 Å². The Morgan fingerprint density at radius 3 is 0.592 bits per heavy atom. The van der Waals surface area contributed by atoms with Crippen molar-refractivity contribution in [1.82, 2.24) is 0 Å². The molecule has 7 rings (SSSR count). The van der Waals surface area contributed by atoms with Crippen molar-refractivity contribution >= 4 is 82.1 Å². The molecule has 0 radical (unpaired) electrons. The summed E-state index contributed by atoms with van der Waals surface area (Å²) in [7, 11) is 0. The molecule has 2 nitrogen and oxygen atoms in total. The zero-order valence-electron chi connectivity index (χ0n) is 49.7. The van der Waals surface area contributed by atoms with Crippen LogP contribution >= 0.6 is 0 Å². The van der Waals surface area contributed by atoms with Gasteiger partial charge in [-0.25, -0.2) is 0 Å². The van der Waals surface area contributed by atoms with E-state index in [1.807, 2.05) is 0 Å². The SMILES string of the molecule is CC(C)([CH2][SnH2][O][SnH3])c1ccccc1.CC(C)([CH2][Sn]([CH2]C(C)(C)c1ccccc1)([CH2]C(C)(C)c1ccccc1)[O][Sn]([CH2]C(C)(C)c1ccccc1)([CH2]C(C)(C)c1ccccc1)[CH2]C(C)(C)c1ccccc1)c1ccccc1. The molecule has 0 unspecified atom stereocenters. The third kappa shape index (κ3) is 17.6. The Kier molecular flexibility index (Phi) is 22.3. The second kappa shape index (κ2) is 26.9. The van der Waals surface area contributed by atoms with Crippen molar-refractivity contribution in [3.05, 3.63) is 251 Å². The van der Waals surface area contributed by atoms with Crippen LogP contribution in [0.15, 0.2) is 212 Å². The molecule has 0 aromatic heterocycles. The molecule has 0 spiro atoms. The van der Waals surface area contributed by atoms with Crippen molar-refractivity contribution in [3.63, 3.8) is 0 Å². The molecular weight excluding hydrogens is 1350 g/mol. The summed E-state index contributed by atoms with van der Waals surface area (Å²) in [6.45, 7) is 35.1. The molecule has 0 bridgehead atoms.